The zero-order chi connectivity index (χ0) is 23.0. The van der Waals surface area contributed by atoms with Crippen molar-refractivity contribution in [1.29, 1.82) is 0 Å². The third-order valence-electron chi connectivity index (χ3n) is 6.17. The van der Waals surface area contributed by atoms with Gasteiger partial charge in [-0.3, -0.25) is 4.79 Å². The molecule has 0 bridgehead atoms. The molecular formula is C27H39N3O. The maximum Gasteiger partial charge on any atom is 0.244 e. The van der Waals surface area contributed by atoms with E-state index in [2.05, 4.69) is 73.9 Å². The minimum Gasteiger partial charge on any atom is -0.350 e. The largest absolute Gasteiger partial charge is 0.350 e. The van der Waals surface area contributed by atoms with Gasteiger partial charge in [-0.2, -0.15) is 0 Å². The quantitative estimate of drug-likeness (QED) is 0.386. The van der Waals surface area contributed by atoms with Gasteiger partial charge < -0.3 is 9.88 Å². The molecule has 0 aromatic carbocycles. The molecule has 0 aliphatic heterocycles. The summed E-state index contributed by atoms with van der Waals surface area (Å²) in [7, 11) is 0. The van der Waals surface area contributed by atoms with E-state index in [0.29, 0.717) is 6.04 Å². The minimum absolute atomic E-state index is 0.0357. The molecule has 1 N–H and O–H groups in total. The smallest absolute Gasteiger partial charge is 0.244 e. The average Bonchev–Trinajstić information content (AvgIpc) is 3.21. The molecule has 31 heavy (non-hydrogen) atoms. The third kappa shape index (κ3) is 7.23. The van der Waals surface area contributed by atoms with Gasteiger partial charge in [0.1, 0.15) is 0 Å². The van der Waals surface area contributed by atoms with Gasteiger partial charge in [0.2, 0.25) is 5.91 Å². The molecule has 0 spiro atoms. The number of carbonyl (C=O) groups is 1. The number of nitrogens with one attached hydrogen (secondary N) is 1. The number of hydrogen-bond acceptors (Lipinski definition) is 2. The summed E-state index contributed by atoms with van der Waals surface area (Å²) in [5.74, 6) is -0.0357. The summed E-state index contributed by atoms with van der Waals surface area (Å²) in [4.78, 5) is 16.2. The van der Waals surface area contributed by atoms with Crippen molar-refractivity contribution in [2.45, 2.75) is 79.8 Å². The Bertz CT molecular complexity index is 895. The van der Waals surface area contributed by atoms with E-state index >= 15 is 0 Å². The minimum atomic E-state index is -0.0357. The van der Waals surface area contributed by atoms with E-state index in [9.17, 15) is 4.79 Å². The summed E-state index contributed by atoms with van der Waals surface area (Å²) in [5, 5.41) is 2.96. The molecule has 1 heterocycles. The molecule has 1 aliphatic rings. The number of imidazole rings is 1. The Kier molecular flexibility index (Phi) is 8.85. The number of amides is 1. The first-order chi connectivity index (χ1) is 14.6. The molecule has 0 saturated carbocycles. The topological polar surface area (TPSA) is 46.9 Å². The van der Waals surface area contributed by atoms with Crippen molar-refractivity contribution in [3.8, 4) is 0 Å². The van der Waals surface area contributed by atoms with Gasteiger partial charge in [0.05, 0.1) is 12.4 Å². The number of hydrogen-bond donors (Lipinski definition) is 1. The molecule has 0 saturated heterocycles. The molecule has 2 rings (SSSR count). The van der Waals surface area contributed by atoms with Crippen LogP contribution in [0.5, 0.6) is 0 Å². The normalized spacial score (nSPS) is 21.2. The molecular weight excluding hydrogens is 382 g/mol. The van der Waals surface area contributed by atoms with Gasteiger partial charge in [0, 0.05) is 24.5 Å². The zero-order valence-corrected chi connectivity index (χ0v) is 20.3. The highest BCUT2D eigenvalue weighted by atomic mass is 16.1. The van der Waals surface area contributed by atoms with E-state index in [1.54, 1.807) is 6.08 Å². The van der Waals surface area contributed by atoms with Gasteiger partial charge in [-0.15, -0.1) is 0 Å². The van der Waals surface area contributed by atoms with Crippen molar-refractivity contribution < 1.29 is 4.79 Å². The van der Waals surface area contributed by atoms with Gasteiger partial charge in [0.15, 0.2) is 0 Å². The fraction of sp³-hybridized carbons (Fsp3) is 0.481. The zero-order valence-electron chi connectivity index (χ0n) is 20.3. The summed E-state index contributed by atoms with van der Waals surface area (Å²) in [5.41, 5.74) is 5.10. The highest BCUT2D eigenvalue weighted by Crippen LogP contribution is 2.45. The summed E-state index contributed by atoms with van der Waals surface area (Å²) in [6, 6.07) is 0.580. The third-order valence-corrected chi connectivity index (χ3v) is 6.17. The first-order valence-corrected chi connectivity index (χ1v) is 11.3. The van der Waals surface area contributed by atoms with Crippen molar-refractivity contribution >= 4 is 5.91 Å². The van der Waals surface area contributed by atoms with Gasteiger partial charge >= 0.3 is 0 Å². The second-order valence-electron chi connectivity index (χ2n) is 9.35. The lowest BCUT2D eigenvalue weighted by Crippen LogP contribution is -2.30. The van der Waals surface area contributed by atoms with E-state index in [-0.39, 0.29) is 17.4 Å². The molecule has 1 aromatic rings. The van der Waals surface area contributed by atoms with Crippen molar-refractivity contribution in [3.63, 3.8) is 0 Å². The Labute approximate surface area is 188 Å². The van der Waals surface area contributed by atoms with Crippen LogP contribution in [0.3, 0.4) is 0 Å². The van der Waals surface area contributed by atoms with Crippen LogP contribution in [0, 0.1) is 5.41 Å². The molecule has 0 radical (unpaired) electrons. The lowest BCUT2D eigenvalue weighted by molar-refractivity contribution is -0.117. The first-order valence-electron chi connectivity index (χ1n) is 11.3. The van der Waals surface area contributed by atoms with Crippen LogP contribution in [-0.4, -0.2) is 21.5 Å². The Morgan fingerprint density at radius 2 is 2.06 bits per heavy atom. The number of allylic oxidation sites excluding steroid dienone is 9. The molecule has 1 aliphatic carbocycles. The van der Waals surface area contributed by atoms with Crippen molar-refractivity contribution in [2.75, 3.05) is 0 Å². The Morgan fingerprint density at radius 1 is 1.32 bits per heavy atom. The summed E-state index contributed by atoms with van der Waals surface area (Å²) < 4.78 is 2.22. The molecule has 4 nitrogen and oxygen atoms in total. The van der Waals surface area contributed by atoms with Crippen LogP contribution in [0.25, 0.3) is 0 Å². The van der Waals surface area contributed by atoms with Crippen LogP contribution >= 0.6 is 0 Å². The highest BCUT2D eigenvalue weighted by Gasteiger charge is 2.32. The van der Waals surface area contributed by atoms with Crippen LogP contribution in [0.4, 0.5) is 0 Å². The van der Waals surface area contributed by atoms with E-state index < -0.39 is 0 Å². The van der Waals surface area contributed by atoms with Crippen LogP contribution in [0.15, 0.2) is 77.5 Å². The maximum absolute atomic E-state index is 11.9. The molecule has 1 amide bonds. The van der Waals surface area contributed by atoms with Gasteiger partial charge in [-0.1, -0.05) is 56.7 Å². The van der Waals surface area contributed by atoms with Crippen LogP contribution in [0.2, 0.25) is 0 Å². The molecule has 2 atom stereocenters. The van der Waals surface area contributed by atoms with E-state index in [0.717, 1.165) is 24.8 Å². The van der Waals surface area contributed by atoms with Crippen LogP contribution in [0.1, 0.15) is 73.8 Å². The van der Waals surface area contributed by atoms with Gasteiger partial charge in [0.25, 0.3) is 0 Å². The number of aromatic nitrogens is 2. The summed E-state index contributed by atoms with van der Waals surface area (Å²) in [6.45, 7) is 15.0. The van der Waals surface area contributed by atoms with Crippen molar-refractivity contribution in [1.82, 2.24) is 14.9 Å². The van der Waals surface area contributed by atoms with E-state index in [4.69, 9.17) is 0 Å². The summed E-state index contributed by atoms with van der Waals surface area (Å²) in [6.07, 6.45) is 21.2. The standard InChI is InChI=1S/C27H39N3O/c1-8-22(4)29-26(31)18-21(3)11-9-10-20(2)12-13-24-23(5)25(14-15-27(24,6)7)30-17-16-28-19-30/h9-13,16-19,22,25H,8,14-15H2,1-7H3,(H,29,31)/b11-9+,13-12+,20-10+,21-18+/t22-,25?/m1/s1. The fourth-order valence-corrected chi connectivity index (χ4v) is 4.01. The average molecular weight is 422 g/mol. The predicted octanol–water partition coefficient (Wildman–Crippen LogP) is 6.48. The fourth-order valence-electron chi connectivity index (χ4n) is 4.01. The van der Waals surface area contributed by atoms with Gasteiger partial charge in [-0.25, -0.2) is 4.98 Å². The second-order valence-corrected chi connectivity index (χ2v) is 9.35. The van der Waals surface area contributed by atoms with Crippen molar-refractivity contribution in [2.24, 2.45) is 5.41 Å². The number of carbonyl (C=O) groups excluding carboxylic acids is 1. The molecule has 168 valence electrons. The van der Waals surface area contributed by atoms with E-state index in [1.807, 2.05) is 38.5 Å². The molecule has 1 aromatic heterocycles. The molecule has 0 fully saturated rings. The second kappa shape index (κ2) is 11.1. The van der Waals surface area contributed by atoms with Crippen LogP contribution < -0.4 is 5.32 Å². The Balaban J connectivity index is 2.10. The number of rotatable bonds is 8. The number of nitrogens with zero attached hydrogens (tertiary/aromatic N) is 2. The van der Waals surface area contributed by atoms with Gasteiger partial charge in [-0.05, 0) is 69.1 Å². The SMILES string of the molecule is CC[C@@H](C)NC(=O)/C=C(C)/C=C/C=C(C)/C=C/C1=C(C)C(n2ccnc2)CCC1(C)C. The molecule has 1 unspecified atom stereocenters. The lowest BCUT2D eigenvalue weighted by atomic mass is 9.71. The van der Waals surface area contributed by atoms with Crippen molar-refractivity contribution in [3.05, 3.63) is 77.5 Å². The maximum atomic E-state index is 11.9. The summed E-state index contributed by atoms with van der Waals surface area (Å²) >= 11 is 0. The van der Waals surface area contributed by atoms with Crippen LogP contribution in [-0.2, 0) is 4.79 Å². The molecule has 4 heteroatoms. The van der Waals surface area contributed by atoms with E-state index in [1.165, 1.54) is 16.7 Å². The predicted molar refractivity (Wildman–Crippen MR) is 131 cm³/mol. The highest BCUT2D eigenvalue weighted by molar-refractivity contribution is 5.88. The Morgan fingerprint density at radius 3 is 2.71 bits per heavy atom. The monoisotopic (exact) mass is 421 g/mol. The first kappa shape index (κ1) is 24.6. The Hall–Kier alpha value is -2.62. The lowest BCUT2D eigenvalue weighted by Gasteiger charge is -2.37.